The summed E-state index contributed by atoms with van der Waals surface area (Å²) in [6, 6.07) is 9.60. The molecule has 1 saturated heterocycles. The molecule has 1 aromatic rings. The molecule has 0 bridgehead atoms. The van der Waals surface area contributed by atoms with Crippen molar-refractivity contribution in [3.05, 3.63) is 35.9 Å². The molecule has 7 nitrogen and oxygen atoms in total. The molecular formula is C17H24N2O5S. The number of ether oxygens (including phenoxy) is 1. The Morgan fingerprint density at radius 1 is 1.16 bits per heavy atom. The number of sulfone groups is 1. The Labute approximate surface area is 148 Å². The minimum absolute atomic E-state index is 0.00755. The minimum atomic E-state index is -2.98. The van der Waals surface area contributed by atoms with Crippen LogP contribution in [0.2, 0.25) is 0 Å². The van der Waals surface area contributed by atoms with Crippen LogP contribution in [0.4, 0.5) is 0 Å². The van der Waals surface area contributed by atoms with E-state index in [4.69, 9.17) is 4.74 Å². The molecule has 1 aliphatic heterocycles. The van der Waals surface area contributed by atoms with Gasteiger partial charge in [-0.2, -0.15) is 0 Å². The molecule has 0 atom stereocenters. The predicted octanol–water partition coefficient (Wildman–Crippen LogP) is 0.309. The van der Waals surface area contributed by atoms with E-state index in [1.165, 1.54) is 0 Å². The molecule has 0 aromatic heterocycles. The van der Waals surface area contributed by atoms with Crippen LogP contribution in [0.5, 0.6) is 0 Å². The lowest BCUT2D eigenvalue weighted by Crippen LogP contribution is -2.43. The SMILES string of the molecule is CCN(Cc1ccccc1)C(=O)COC(=O)CN1CCS(=O)(=O)CC1. The van der Waals surface area contributed by atoms with Crippen LogP contribution >= 0.6 is 0 Å². The number of benzene rings is 1. The standard InChI is InChI=1S/C17H24N2O5S/c1-2-19(12-15-6-4-3-5-7-15)16(20)14-24-17(21)13-18-8-10-25(22,23)11-9-18/h3-7H,2,8-14H2,1H3. The second kappa shape index (κ2) is 8.96. The summed E-state index contributed by atoms with van der Waals surface area (Å²) >= 11 is 0. The van der Waals surface area contributed by atoms with Gasteiger partial charge in [-0.05, 0) is 12.5 Å². The average molecular weight is 368 g/mol. The molecule has 0 spiro atoms. The number of hydrogen-bond donors (Lipinski definition) is 0. The quantitative estimate of drug-likeness (QED) is 0.644. The lowest BCUT2D eigenvalue weighted by atomic mass is 10.2. The number of rotatable bonds is 7. The van der Waals surface area contributed by atoms with E-state index in [-0.39, 0.29) is 30.6 Å². The fourth-order valence-electron chi connectivity index (χ4n) is 2.55. The van der Waals surface area contributed by atoms with Gasteiger partial charge in [-0.1, -0.05) is 30.3 Å². The Bertz CT molecular complexity index is 676. The maximum Gasteiger partial charge on any atom is 0.320 e. The molecule has 0 aliphatic carbocycles. The molecule has 0 radical (unpaired) electrons. The van der Waals surface area contributed by atoms with Crippen LogP contribution in [0.25, 0.3) is 0 Å². The highest BCUT2D eigenvalue weighted by Crippen LogP contribution is 2.06. The van der Waals surface area contributed by atoms with Crippen LogP contribution in [-0.2, 0) is 30.7 Å². The first kappa shape index (κ1) is 19.4. The van der Waals surface area contributed by atoms with E-state index in [1.54, 1.807) is 9.80 Å². The average Bonchev–Trinajstić information content (AvgIpc) is 2.60. The van der Waals surface area contributed by atoms with Gasteiger partial charge in [-0.15, -0.1) is 0 Å². The largest absolute Gasteiger partial charge is 0.455 e. The van der Waals surface area contributed by atoms with E-state index >= 15 is 0 Å². The van der Waals surface area contributed by atoms with Gasteiger partial charge in [0, 0.05) is 26.2 Å². The van der Waals surface area contributed by atoms with Crippen molar-refractivity contribution in [2.45, 2.75) is 13.5 Å². The van der Waals surface area contributed by atoms with Gasteiger partial charge in [-0.3, -0.25) is 14.5 Å². The molecule has 0 unspecified atom stereocenters. The molecule has 0 saturated carbocycles. The van der Waals surface area contributed by atoms with E-state index in [0.29, 0.717) is 26.2 Å². The lowest BCUT2D eigenvalue weighted by Gasteiger charge is -2.25. The Morgan fingerprint density at radius 3 is 2.40 bits per heavy atom. The fourth-order valence-corrected chi connectivity index (χ4v) is 3.83. The van der Waals surface area contributed by atoms with E-state index in [9.17, 15) is 18.0 Å². The predicted molar refractivity (Wildman–Crippen MR) is 93.6 cm³/mol. The highest BCUT2D eigenvalue weighted by Gasteiger charge is 2.24. The smallest absolute Gasteiger partial charge is 0.320 e. The number of carbonyl (C=O) groups is 2. The topological polar surface area (TPSA) is 84.0 Å². The third-order valence-electron chi connectivity index (χ3n) is 4.10. The molecular weight excluding hydrogens is 344 g/mol. The Morgan fingerprint density at radius 2 is 1.80 bits per heavy atom. The van der Waals surface area contributed by atoms with Crippen molar-refractivity contribution in [2.24, 2.45) is 0 Å². The van der Waals surface area contributed by atoms with Crippen LogP contribution in [0, 0.1) is 0 Å². The first-order valence-electron chi connectivity index (χ1n) is 8.29. The molecule has 8 heteroatoms. The monoisotopic (exact) mass is 368 g/mol. The fraction of sp³-hybridized carbons (Fsp3) is 0.529. The zero-order chi connectivity index (χ0) is 18.3. The van der Waals surface area contributed by atoms with E-state index in [0.717, 1.165) is 5.56 Å². The third-order valence-corrected chi connectivity index (χ3v) is 5.71. The number of hydrogen-bond acceptors (Lipinski definition) is 6. The highest BCUT2D eigenvalue weighted by molar-refractivity contribution is 7.91. The maximum absolute atomic E-state index is 12.2. The summed E-state index contributed by atoms with van der Waals surface area (Å²) in [4.78, 5) is 27.4. The summed E-state index contributed by atoms with van der Waals surface area (Å²) in [5.74, 6) is -0.649. The zero-order valence-electron chi connectivity index (χ0n) is 14.4. The van der Waals surface area contributed by atoms with Crippen LogP contribution in [0.3, 0.4) is 0 Å². The van der Waals surface area contributed by atoms with Crippen molar-refractivity contribution >= 4 is 21.7 Å². The van der Waals surface area contributed by atoms with Crippen molar-refractivity contribution in [2.75, 3.05) is 44.3 Å². The van der Waals surface area contributed by atoms with Crippen LogP contribution < -0.4 is 0 Å². The molecule has 1 fully saturated rings. The van der Waals surface area contributed by atoms with Crippen LogP contribution in [0.1, 0.15) is 12.5 Å². The molecule has 2 rings (SSSR count). The number of nitrogens with zero attached hydrogens (tertiary/aromatic N) is 2. The van der Waals surface area contributed by atoms with E-state index in [1.807, 2.05) is 37.3 Å². The van der Waals surface area contributed by atoms with Crippen LogP contribution in [-0.4, -0.2) is 74.4 Å². The van der Waals surface area contributed by atoms with Crippen molar-refractivity contribution in [3.8, 4) is 0 Å². The summed E-state index contributed by atoms with van der Waals surface area (Å²) < 4.78 is 27.8. The minimum Gasteiger partial charge on any atom is -0.455 e. The van der Waals surface area contributed by atoms with Crippen molar-refractivity contribution in [3.63, 3.8) is 0 Å². The van der Waals surface area contributed by atoms with Gasteiger partial charge in [0.25, 0.3) is 5.91 Å². The maximum atomic E-state index is 12.2. The molecule has 1 heterocycles. The van der Waals surface area contributed by atoms with Gasteiger partial charge in [0.15, 0.2) is 16.4 Å². The zero-order valence-corrected chi connectivity index (χ0v) is 15.2. The second-order valence-electron chi connectivity index (χ2n) is 5.98. The van der Waals surface area contributed by atoms with Crippen LogP contribution in [0.15, 0.2) is 30.3 Å². The number of amides is 1. The number of esters is 1. The highest BCUT2D eigenvalue weighted by atomic mass is 32.2. The Kier molecular flexibility index (Phi) is 6.95. The molecule has 0 N–H and O–H groups in total. The first-order valence-corrected chi connectivity index (χ1v) is 10.1. The van der Waals surface area contributed by atoms with Gasteiger partial charge in [0.05, 0.1) is 18.1 Å². The molecule has 1 amide bonds. The molecule has 1 aliphatic rings. The van der Waals surface area contributed by atoms with Gasteiger partial charge in [-0.25, -0.2) is 8.42 Å². The Balaban J connectivity index is 1.75. The van der Waals surface area contributed by atoms with Crippen molar-refractivity contribution in [1.29, 1.82) is 0 Å². The summed E-state index contributed by atoms with van der Waals surface area (Å²) in [5.41, 5.74) is 1.01. The number of likely N-dealkylation sites (N-methyl/N-ethyl adjacent to an activating group) is 1. The van der Waals surface area contributed by atoms with E-state index < -0.39 is 15.8 Å². The van der Waals surface area contributed by atoms with Crippen molar-refractivity contribution < 1.29 is 22.7 Å². The summed E-state index contributed by atoms with van der Waals surface area (Å²) in [6.45, 7) is 3.21. The second-order valence-corrected chi connectivity index (χ2v) is 8.29. The van der Waals surface area contributed by atoms with Gasteiger partial charge in [0.1, 0.15) is 0 Å². The first-order chi connectivity index (χ1) is 11.9. The summed E-state index contributed by atoms with van der Waals surface area (Å²) in [5, 5.41) is 0. The van der Waals surface area contributed by atoms with Gasteiger partial charge < -0.3 is 9.64 Å². The molecule has 1 aromatic carbocycles. The molecule has 25 heavy (non-hydrogen) atoms. The Hall–Kier alpha value is -1.93. The summed E-state index contributed by atoms with van der Waals surface area (Å²) in [7, 11) is -2.98. The third kappa shape index (κ3) is 6.47. The normalized spacial score (nSPS) is 17.0. The molecule has 138 valence electrons. The summed E-state index contributed by atoms with van der Waals surface area (Å²) in [6.07, 6.45) is 0. The van der Waals surface area contributed by atoms with Gasteiger partial charge >= 0.3 is 5.97 Å². The van der Waals surface area contributed by atoms with Crippen molar-refractivity contribution in [1.82, 2.24) is 9.80 Å². The van der Waals surface area contributed by atoms with E-state index in [2.05, 4.69) is 0 Å². The lowest BCUT2D eigenvalue weighted by molar-refractivity contribution is -0.153. The number of carbonyl (C=O) groups excluding carboxylic acids is 2. The van der Waals surface area contributed by atoms with Gasteiger partial charge in [0.2, 0.25) is 0 Å².